The lowest BCUT2D eigenvalue weighted by Gasteiger charge is -2.27. The second-order valence-electron chi connectivity index (χ2n) is 4.98. The van der Waals surface area contributed by atoms with Gasteiger partial charge < -0.3 is 20.2 Å². The summed E-state index contributed by atoms with van der Waals surface area (Å²) in [4.78, 5) is 37.6. The fraction of sp³-hybridized carbons (Fsp3) is 0.769. The van der Waals surface area contributed by atoms with Gasteiger partial charge in [-0.05, 0) is 26.7 Å². The zero-order chi connectivity index (χ0) is 15.1. The normalized spacial score (nSPS) is 15.8. The third-order valence-corrected chi connectivity index (χ3v) is 3.45. The van der Waals surface area contributed by atoms with Crippen molar-refractivity contribution in [3.8, 4) is 0 Å². The van der Waals surface area contributed by atoms with Crippen molar-refractivity contribution < 1.29 is 19.5 Å². The van der Waals surface area contributed by atoms with Crippen molar-refractivity contribution in [1.82, 2.24) is 15.1 Å². The van der Waals surface area contributed by atoms with Crippen molar-refractivity contribution in [1.29, 1.82) is 0 Å². The highest BCUT2D eigenvalue weighted by Crippen LogP contribution is 2.07. The van der Waals surface area contributed by atoms with Gasteiger partial charge in [-0.25, -0.2) is 4.79 Å². The fourth-order valence-electron chi connectivity index (χ4n) is 2.35. The topological polar surface area (TPSA) is 90.0 Å². The number of carboxylic acids is 1. The molecule has 0 aromatic rings. The molecule has 2 N–H and O–H groups in total. The van der Waals surface area contributed by atoms with Gasteiger partial charge in [0.15, 0.2) is 0 Å². The Labute approximate surface area is 118 Å². The Bertz CT molecular complexity index is 367. The van der Waals surface area contributed by atoms with Gasteiger partial charge in [0.1, 0.15) is 0 Å². The molecule has 1 heterocycles. The fourth-order valence-corrected chi connectivity index (χ4v) is 2.35. The first-order chi connectivity index (χ1) is 9.45. The minimum atomic E-state index is -0.947. The van der Waals surface area contributed by atoms with E-state index in [1.807, 2.05) is 0 Å². The van der Waals surface area contributed by atoms with E-state index >= 15 is 0 Å². The van der Waals surface area contributed by atoms with Gasteiger partial charge in [-0.3, -0.25) is 9.59 Å². The number of carbonyl (C=O) groups is 3. The lowest BCUT2D eigenvalue weighted by atomic mass is 10.2. The van der Waals surface area contributed by atoms with Gasteiger partial charge in [-0.1, -0.05) is 0 Å². The summed E-state index contributed by atoms with van der Waals surface area (Å²) in [5, 5.41) is 11.3. The number of carboxylic acid groups (broad SMARTS) is 1. The van der Waals surface area contributed by atoms with Crippen molar-refractivity contribution in [2.75, 3.05) is 26.2 Å². The van der Waals surface area contributed by atoms with Crippen molar-refractivity contribution in [3.05, 3.63) is 0 Å². The number of hydrogen-bond donors (Lipinski definition) is 2. The van der Waals surface area contributed by atoms with Gasteiger partial charge in [-0.15, -0.1) is 0 Å². The lowest BCUT2D eigenvalue weighted by molar-refractivity contribution is -0.138. The van der Waals surface area contributed by atoms with E-state index in [0.29, 0.717) is 6.54 Å². The van der Waals surface area contributed by atoms with E-state index in [1.54, 1.807) is 18.7 Å². The number of nitrogens with one attached hydrogen (secondary N) is 1. The van der Waals surface area contributed by atoms with Crippen LogP contribution in [-0.4, -0.2) is 65.0 Å². The van der Waals surface area contributed by atoms with Crippen molar-refractivity contribution in [3.63, 3.8) is 0 Å². The highest BCUT2D eigenvalue weighted by molar-refractivity contribution is 5.84. The summed E-state index contributed by atoms with van der Waals surface area (Å²) in [5.41, 5.74) is 0. The first kappa shape index (κ1) is 16.3. The molecule has 0 saturated carbocycles. The highest BCUT2D eigenvalue weighted by Gasteiger charge is 2.23. The second kappa shape index (κ2) is 7.72. The number of hydrogen-bond acceptors (Lipinski definition) is 3. The van der Waals surface area contributed by atoms with E-state index < -0.39 is 18.0 Å². The maximum absolute atomic E-state index is 12.0. The van der Waals surface area contributed by atoms with Crippen LogP contribution in [0.3, 0.4) is 0 Å². The molecule has 0 aromatic heterocycles. The summed E-state index contributed by atoms with van der Waals surface area (Å²) < 4.78 is 0. The van der Waals surface area contributed by atoms with Gasteiger partial charge in [-0.2, -0.15) is 0 Å². The Kier molecular flexibility index (Phi) is 6.27. The van der Waals surface area contributed by atoms with E-state index in [0.717, 1.165) is 25.9 Å². The minimum absolute atomic E-state index is 0.0326. The molecule has 0 spiro atoms. The summed E-state index contributed by atoms with van der Waals surface area (Å²) in [5.74, 6) is -1.03. The molecule has 0 aromatic carbocycles. The minimum Gasteiger partial charge on any atom is -0.481 e. The molecule has 1 atom stereocenters. The van der Waals surface area contributed by atoms with E-state index in [9.17, 15) is 14.4 Å². The third kappa shape index (κ3) is 4.71. The van der Waals surface area contributed by atoms with E-state index in [1.165, 1.54) is 4.90 Å². The predicted octanol–water partition coefficient (Wildman–Crippen LogP) is 0.504. The van der Waals surface area contributed by atoms with Crippen LogP contribution in [0.4, 0.5) is 4.79 Å². The summed E-state index contributed by atoms with van der Waals surface area (Å²) in [6.45, 7) is 5.33. The molecule has 0 radical (unpaired) electrons. The highest BCUT2D eigenvalue weighted by atomic mass is 16.4. The third-order valence-electron chi connectivity index (χ3n) is 3.45. The number of aliphatic carboxylic acids is 1. The first-order valence-corrected chi connectivity index (χ1v) is 6.99. The first-order valence-electron chi connectivity index (χ1n) is 6.99. The summed E-state index contributed by atoms with van der Waals surface area (Å²) in [6.07, 6.45) is 1.91. The zero-order valence-corrected chi connectivity index (χ0v) is 12.1. The Hall–Kier alpha value is -1.79. The van der Waals surface area contributed by atoms with Gasteiger partial charge in [0.05, 0.1) is 13.0 Å². The van der Waals surface area contributed by atoms with Gasteiger partial charge >= 0.3 is 12.0 Å². The smallest absolute Gasteiger partial charge is 0.318 e. The van der Waals surface area contributed by atoms with Gasteiger partial charge in [0.25, 0.3) is 0 Å². The van der Waals surface area contributed by atoms with Crippen LogP contribution in [0.5, 0.6) is 0 Å². The van der Waals surface area contributed by atoms with E-state index in [2.05, 4.69) is 5.32 Å². The van der Waals surface area contributed by atoms with Crippen molar-refractivity contribution in [2.24, 2.45) is 0 Å². The number of carbonyl (C=O) groups excluding carboxylic acids is 2. The molecule has 0 bridgehead atoms. The summed E-state index contributed by atoms with van der Waals surface area (Å²) >= 11 is 0. The molecule has 1 fully saturated rings. The number of urea groups is 1. The van der Waals surface area contributed by atoms with Crippen LogP contribution in [0.2, 0.25) is 0 Å². The quantitative estimate of drug-likeness (QED) is 0.743. The van der Waals surface area contributed by atoms with E-state index in [-0.39, 0.29) is 18.9 Å². The largest absolute Gasteiger partial charge is 0.481 e. The molecule has 114 valence electrons. The van der Waals surface area contributed by atoms with Crippen LogP contribution in [0.15, 0.2) is 0 Å². The van der Waals surface area contributed by atoms with Gasteiger partial charge in [0, 0.05) is 25.7 Å². The number of likely N-dealkylation sites (tertiary alicyclic amines) is 1. The van der Waals surface area contributed by atoms with Crippen LogP contribution in [0, 0.1) is 0 Å². The summed E-state index contributed by atoms with van der Waals surface area (Å²) in [6, 6.07) is -0.798. The lowest BCUT2D eigenvalue weighted by Crippen LogP contribution is -2.48. The Morgan fingerprint density at radius 3 is 2.40 bits per heavy atom. The maximum atomic E-state index is 12.0. The molecule has 0 aliphatic carbocycles. The van der Waals surface area contributed by atoms with Gasteiger partial charge in [0.2, 0.25) is 5.91 Å². The van der Waals surface area contributed by atoms with Crippen LogP contribution in [0.25, 0.3) is 0 Å². The number of amides is 3. The van der Waals surface area contributed by atoms with E-state index in [4.69, 9.17) is 5.11 Å². The molecule has 1 rings (SSSR count). The Morgan fingerprint density at radius 2 is 1.90 bits per heavy atom. The molecule has 7 nitrogen and oxygen atoms in total. The Balaban J connectivity index is 2.42. The zero-order valence-electron chi connectivity index (χ0n) is 12.1. The van der Waals surface area contributed by atoms with Crippen LogP contribution in [0.1, 0.15) is 33.1 Å². The monoisotopic (exact) mass is 285 g/mol. The van der Waals surface area contributed by atoms with Crippen LogP contribution >= 0.6 is 0 Å². The second-order valence-corrected chi connectivity index (χ2v) is 4.98. The summed E-state index contributed by atoms with van der Waals surface area (Å²) in [7, 11) is 0. The molecular formula is C13H23N3O4. The molecule has 1 aliphatic rings. The molecular weight excluding hydrogens is 262 g/mol. The predicted molar refractivity (Wildman–Crippen MR) is 73.3 cm³/mol. The SMILES string of the molecule is CCN(C(=O)NCC(=O)N1CCCC1)C(C)CC(=O)O. The van der Waals surface area contributed by atoms with Crippen LogP contribution < -0.4 is 5.32 Å². The average Bonchev–Trinajstić information content (AvgIpc) is 2.89. The molecule has 1 saturated heterocycles. The van der Waals surface area contributed by atoms with Crippen molar-refractivity contribution >= 4 is 17.9 Å². The Morgan fingerprint density at radius 1 is 1.30 bits per heavy atom. The molecule has 3 amide bonds. The van der Waals surface area contributed by atoms with Crippen LogP contribution in [-0.2, 0) is 9.59 Å². The molecule has 20 heavy (non-hydrogen) atoms. The van der Waals surface area contributed by atoms with Crippen molar-refractivity contribution in [2.45, 2.75) is 39.2 Å². The average molecular weight is 285 g/mol. The number of nitrogens with zero attached hydrogens (tertiary/aromatic N) is 2. The number of rotatable bonds is 6. The molecule has 1 aliphatic heterocycles. The standard InChI is InChI=1S/C13H23N3O4/c1-3-16(10(2)8-12(18)19)13(20)14-9-11(17)15-6-4-5-7-15/h10H,3-9H2,1-2H3,(H,14,20)(H,18,19). The molecule has 7 heteroatoms. The molecule has 1 unspecified atom stereocenters. The maximum Gasteiger partial charge on any atom is 0.318 e.